The molecule has 222 valence electrons. The van der Waals surface area contributed by atoms with Crippen LogP contribution in [0.15, 0.2) is 99.8 Å². The van der Waals surface area contributed by atoms with Crippen LogP contribution in [-0.2, 0) is 34.3 Å². The Labute approximate surface area is 256 Å². The quantitative estimate of drug-likeness (QED) is 0.153. The van der Waals surface area contributed by atoms with Gasteiger partial charge in [-0.2, -0.15) is 9.57 Å². The van der Waals surface area contributed by atoms with E-state index in [0.717, 1.165) is 11.1 Å². The highest BCUT2D eigenvalue weighted by molar-refractivity contribution is 7.89. The molecule has 0 aliphatic carbocycles. The van der Waals surface area contributed by atoms with Crippen LogP contribution >= 0.6 is 11.6 Å². The summed E-state index contributed by atoms with van der Waals surface area (Å²) in [6.45, 7) is 0.285. The highest BCUT2D eigenvalue weighted by Crippen LogP contribution is 2.28. The summed E-state index contributed by atoms with van der Waals surface area (Å²) in [6.07, 6.45) is 1.83. The molecule has 0 saturated carbocycles. The summed E-state index contributed by atoms with van der Waals surface area (Å²) < 4.78 is 44.8. The first-order valence-corrected chi connectivity index (χ1v) is 15.0. The summed E-state index contributed by atoms with van der Waals surface area (Å²) in [6, 6.07) is 25.6. The van der Waals surface area contributed by atoms with Crippen LogP contribution in [0.1, 0.15) is 22.6 Å². The Balaban J connectivity index is 1.46. The van der Waals surface area contributed by atoms with Crippen molar-refractivity contribution >= 4 is 33.6 Å². The van der Waals surface area contributed by atoms with Crippen LogP contribution in [0.4, 0.5) is 0 Å². The molecule has 4 aromatic rings. The first kappa shape index (κ1) is 31.4. The van der Waals surface area contributed by atoms with Gasteiger partial charge in [-0.05, 0) is 66.1 Å². The van der Waals surface area contributed by atoms with E-state index in [0.29, 0.717) is 28.7 Å². The lowest BCUT2D eigenvalue weighted by Gasteiger charge is -2.21. The topological polar surface area (TPSA) is 122 Å². The Morgan fingerprint density at radius 3 is 2.33 bits per heavy atom. The third-order valence-corrected chi connectivity index (χ3v) is 8.52. The number of rotatable bonds is 13. The maximum Gasteiger partial charge on any atom is 0.262 e. The first-order chi connectivity index (χ1) is 20.7. The molecule has 0 unspecified atom stereocenters. The van der Waals surface area contributed by atoms with E-state index in [1.54, 1.807) is 74.9 Å². The monoisotopic (exact) mass is 619 g/mol. The third kappa shape index (κ3) is 8.26. The number of benzene rings is 3. The van der Waals surface area contributed by atoms with Crippen molar-refractivity contribution in [1.82, 2.24) is 9.62 Å². The minimum Gasteiger partial charge on any atom is -0.493 e. The van der Waals surface area contributed by atoms with Crippen LogP contribution in [0.5, 0.6) is 11.5 Å². The molecule has 0 saturated heterocycles. The summed E-state index contributed by atoms with van der Waals surface area (Å²) in [5, 5.41) is 12.9. The SMILES string of the molecule is COc1ccc(CCNC(=O)/C(C#N)=C\c2ccc(CN(Cc3ccc(Cl)cc3)S(=O)(=O)c3ccccc3)o2)cc1OC. The largest absolute Gasteiger partial charge is 0.493 e. The Bertz CT molecular complexity index is 1730. The van der Waals surface area contributed by atoms with Crippen LogP contribution in [0.3, 0.4) is 0 Å². The van der Waals surface area contributed by atoms with E-state index in [4.69, 9.17) is 25.5 Å². The van der Waals surface area contributed by atoms with Crippen molar-refractivity contribution in [1.29, 1.82) is 5.26 Å². The van der Waals surface area contributed by atoms with Gasteiger partial charge in [0, 0.05) is 24.2 Å². The number of nitrogens with one attached hydrogen (secondary N) is 1. The number of ether oxygens (including phenoxy) is 2. The number of nitrogens with zero attached hydrogens (tertiary/aromatic N) is 2. The lowest BCUT2D eigenvalue weighted by molar-refractivity contribution is -0.117. The highest BCUT2D eigenvalue weighted by Gasteiger charge is 2.26. The molecule has 1 N–H and O–H groups in total. The molecule has 0 aliphatic heterocycles. The van der Waals surface area contributed by atoms with Crippen molar-refractivity contribution in [2.45, 2.75) is 24.4 Å². The average Bonchev–Trinajstić information content (AvgIpc) is 3.47. The fraction of sp³-hybridized carbons (Fsp3) is 0.188. The molecule has 3 aromatic carbocycles. The van der Waals surface area contributed by atoms with Crippen molar-refractivity contribution in [2.75, 3.05) is 20.8 Å². The van der Waals surface area contributed by atoms with Gasteiger partial charge in [-0.25, -0.2) is 8.42 Å². The summed E-state index contributed by atoms with van der Waals surface area (Å²) in [7, 11) is -0.784. The second-order valence-corrected chi connectivity index (χ2v) is 11.8. The maximum atomic E-state index is 13.5. The Hall–Kier alpha value is -4.56. The van der Waals surface area contributed by atoms with Gasteiger partial charge in [0.2, 0.25) is 10.0 Å². The van der Waals surface area contributed by atoms with Crippen LogP contribution in [-0.4, -0.2) is 39.4 Å². The predicted octanol–water partition coefficient (Wildman–Crippen LogP) is 5.61. The second-order valence-electron chi connectivity index (χ2n) is 9.38. The first-order valence-electron chi connectivity index (χ1n) is 13.2. The van der Waals surface area contributed by atoms with E-state index in [-0.39, 0.29) is 35.9 Å². The van der Waals surface area contributed by atoms with E-state index >= 15 is 0 Å². The third-order valence-electron chi connectivity index (χ3n) is 6.47. The fourth-order valence-corrected chi connectivity index (χ4v) is 5.78. The van der Waals surface area contributed by atoms with Gasteiger partial charge in [0.05, 0.1) is 25.7 Å². The molecule has 1 heterocycles. The standard InChI is InChI=1S/C32H30ClN3O6S/c1-40-30-15-10-23(18-31(30)41-2)16-17-35-32(37)25(20-34)19-27-13-14-28(42-27)22-36(21-24-8-11-26(33)12-9-24)43(38,39)29-6-4-3-5-7-29/h3-15,18-19H,16-17,21-22H2,1-2H3,(H,35,37)/b25-19-. The van der Waals surface area contributed by atoms with Gasteiger partial charge in [0.25, 0.3) is 5.91 Å². The highest BCUT2D eigenvalue weighted by atomic mass is 35.5. The van der Waals surface area contributed by atoms with Crippen molar-refractivity contribution in [2.24, 2.45) is 0 Å². The molecular weight excluding hydrogens is 590 g/mol. The zero-order valence-electron chi connectivity index (χ0n) is 23.6. The molecule has 4 rings (SSSR count). The Kier molecular flexibility index (Phi) is 10.6. The van der Waals surface area contributed by atoms with Gasteiger partial charge in [-0.3, -0.25) is 4.79 Å². The number of halogens is 1. The maximum absolute atomic E-state index is 13.5. The average molecular weight is 620 g/mol. The van der Waals surface area contributed by atoms with Gasteiger partial charge in [-0.1, -0.05) is 48.0 Å². The summed E-state index contributed by atoms with van der Waals surface area (Å²) in [5.41, 5.74) is 1.51. The van der Waals surface area contributed by atoms with E-state index in [1.807, 2.05) is 18.2 Å². The minimum absolute atomic E-state index is 0.0756. The predicted molar refractivity (Wildman–Crippen MR) is 163 cm³/mol. The lowest BCUT2D eigenvalue weighted by Crippen LogP contribution is -2.30. The van der Waals surface area contributed by atoms with Crippen LogP contribution in [0.2, 0.25) is 5.02 Å². The normalized spacial score (nSPS) is 11.7. The lowest BCUT2D eigenvalue weighted by atomic mass is 10.1. The molecule has 9 nitrogen and oxygen atoms in total. The molecule has 0 fully saturated rings. The van der Waals surface area contributed by atoms with Crippen molar-refractivity contribution in [3.8, 4) is 17.6 Å². The van der Waals surface area contributed by atoms with E-state index in [2.05, 4.69) is 5.32 Å². The number of sulfonamides is 1. The number of hydrogen-bond acceptors (Lipinski definition) is 7. The zero-order valence-corrected chi connectivity index (χ0v) is 25.2. The molecule has 0 radical (unpaired) electrons. The van der Waals surface area contributed by atoms with Crippen LogP contribution in [0, 0.1) is 11.3 Å². The molecule has 11 heteroatoms. The van der Waals surface area contributed by atoms with Gasteiger partial charge in [0.1, 0.15) is 23.2 Å². The van der Waals surface area contributed by atoms with Gasteiger partial charge >= 0.3 is 0 Å². The van der Waals surface area contributed by atoms with Gasteiger partial charge < -0.3 is 19.2 Å². The number of carbonyl (C=O) groups is 1. The molecule has 1 aromatic heterocycles. The number of carbonyl (C=O) groups excluding carboxylic acids is 1. The Morgan fingerprint density at radius 2 is 1.65 bits per heavy atom. The summed E-state index contributed by atoms with van der Waals surface area (Å²) >= 11 is 6.01. The van der Waals surface area contributed by atoms with Crippen LogP contribution < -0.4 is 14.8 Å². The zero-order chi connectivity index (χ0) is 30.8. The van der Waals surface area contributed by atoms with E-state index < -0.39 is 15.9 Å². The second kappa shape index (κ2) is 14.6. The van der Waals surface area contributed by atoms with E-state index in [1.165, 1.54) is 22.5 Å². The van der Waals surface area contributed by atoms with E-state index in [9.17, 15) is 18.5 Å². The molecule has 43 heavy (non-hydrogen) atoms. The number of amides is 1. The summed E-state index contributed by atoms with van der Waals surface area (Å²) in [5.74, 6) is 1.21. The number of nitriles is 1. The van der Waals surface area contributed by atoms with Crippen molar-refractivity contribution in [3.05, 3.63) is 118 Å². The van der Waals surface area contributed by atoms with Crippen LogP contribution in [0.25, 0.3) is 6.08 Å². The van der Waals surface area contributed by atoms with Crippen molar-refractivity contribution < 1.29 is 27.1 Å². The minimum atomic E-state index is -3.89. The Morgan fingerprint density at radius 1 is 0.953 bits per heavy atom. The smallest absolute Gasteiger partial charge is 0.262 e. The number of hydrogen-bond donors (Lipinski definition) is 1. The molecule has 1 amide bonds. The molecule has 0 aliphatic rings. The van der Waals surface area contributed by atoms with Gasteiger partial charge in [-0.15, -0.1) is 0 Å². The molecule has 0 bridgehead atoms. The molecule has 0 atom stereocenters. The fourth-order valence-electron chi connectivity index (χ4n) is 4.23. The number of methoxy groups -OCH3 is 2. The molecular formula is C32H30ClN3O6S. The molecule has 0 spiro atoms. The summed E-state index contributed by atoms with van der Waals surface area (Å²) in [4.78, 5) is 12.9. The number of furan rings is 1. The van der Waals surface area contributed by atoms with Crippen molar-refractivity contribution in [3.63, 3.8) is 0 Å². The van der Waals surface area contributed by atoms with Gasteiger partial charge in [0.15, 0.2) is 11.5 Å².